The number of likely N-dealkylation sites (N-methyl/N-ethyl adjacent to an activating group) is 1. The first-order valence-electron chi connectivity index (χ1n) is 15.4. The molecule has 3 heterocycles. The number of hydrogen-bond acceptors (Lipinski definition) is 10. The van der Waals surface area contributed by atoms with E-state index in [1.54, 1.807) is 7.11 Å². The maximum atomic E-state index is 12.5. The number of carbonyl (C=O) groups excluding carboxylic acids is 1. The Morgan fingerprint density at radius 3 is 2.63 bits per heavy atom. The number of hydroxylamine groups is 1. The van der Waals surface area contributed by atoms with Crippen LogP contribution in [0.2, 0.25) is 0 Å². The number of hydrogen-bond donors (Lipinski definition) is 2. The molecule has 0 bridgehead atoms. The number of nitrogens with zero attached hydrogens (tertiary/aromatic N) is 5. The minimum Gasteiger partial charge on any atom is -0.494 e. The smallest absolute Gasteiger partial charge is 0.247 e. The first kappa shape index (κ1) is 30.9. The van der Waals surface area contributed by atoms with Crippen LogP contribution in [0.1, 0.15) is 24.9 Å². The van der Waals surface area contributed by atoms with E-state index in [0.29, 0.717) is 41.4 Å². The van der Waals surface area contributed by atoms with Gasteiger partial charge in [0.2, 0.25) is 5.91 Å². The van der Waals surface area contributed by atoms with Crippen LogP contribution in [0.25, 0.3) is 0 Å². The molecule has 6 rings (SSSR count). The molecule has 2 N–H and O–H groups in total. The lowest BCUT2D eigenvalue weighted by atomic mass is 10.0. The summed E-state index contributed by atoms with van der Waals surface area (Å²) in [6.07, 6.45) is 3.55. The van der Waals surface area contributed by atoms with Gasteiger partial charge in [-0.05, 0) is 55.9 Å². The summed E-state index contributed by atoms with van der Waals surface area (Å²) < 4.78 is 11.9. The SMILES string of the molecule is C=CC(=O)Nc1cc(Nc2cc(N3OCC[C@@H]3c3cccc(Oc4ccccc4)c3)ncn2)c(OC)cc1N1CCN(C)[C@@H](C)C1. The lowest BCUT2D eigenvalue weighted by Gasteiger charge is -2.39. The van der Waals surface area contributed by atoms with E-state index in [1.807, 2.05) is 71.8 Å². The number of carbonyl (C=O) groups is 1. The Hall–Kier alpha value is -5.13. The second kappa shape index (κ2) is 13.9. The molecule has 1 amide bonds. The van der Waals surface area contributed by atoms with E-state index in [9.17, 15) is 4.79 Å². The molecule has 0 spiro atoms. The van der Waals surface area contributed by atoms with Crippen molar-refractivity contribution in [1.29, 1.82) is 0 Å². The van der Waals surface area contributed by atoms with Crippen molar-refractivity contribution in [3.63, 3.8) is 0 Å². The van der Waals surface area contributed by atoms with Gasteiger partial charge < -0.3 is 29.9 Å². The summed E-state index contributed by atoms with van der Waals surface area (Å²) in [7, 11) is 3.75. The van der Waals surface area contributed by atoms with Crippen molar-refractivity contribution in [3.8, 4) is 17.2 Å². The topological polar surface area (TPSA) is 104 Å². The third kappa shape index (κ3) is 6.90. The Labute approximate surface area is 269 Å². The van der Waals surface area contributed by atoms with Crippen LogP contribution in [0.3, 0.4) is 0 Å². The fourth-order valence-corrected chi connectivity index (χ4v) is 5.73. The summed E-state index contributed by atoms with van der Waals surface area (Å²) in [5.41, 5.74) is 3.23. The summed E-state index contributed by atoms with van der Waals surface area (Å²) >= 11 is 0. The highest BCUT2D eigenvalue weighted by Crippen LogP contribution is 2.40. The van der Waals surface area contributed by atoms with Crippen molar-refractivity contribution in [2.45, 2.75) is 25.4 Å². The highest BCUT2D eigenvalue weighted by molar-refractivity contribution is 6.02. The predicted octanol–water partition coefficient (Wildman–Crippen LogP) is 6.17. The molecule has 1 aromatic heterocycles. The molecule has 2 saturated heterocycles. The number of aromatic nitrogens is 2. The molecule has 238 valence electrons. The normalized spacial score (nSPS) is 18.2. The molecule has 11 heteroatoms. The van der Waals surface area contributed by atoms with Gasteiger partial charge in [0.15, 0.2) is 5.82 Å². The van der Waals surface area contributed by atoms with Gasteiger partial charge in [0, 0.05) is 44.2 Å². The molecule has 0 saturated carbocycles. The zero-order valence-electron chi connectivity index (χ0n) is 26.3. The van der Waals surface area contributed by atoms with Crippen LogP contribution in [-0.4, -0.2) is 67.2 Å². The number of para-hydroxylation sites is 1. The second-order valence-electron chi connectivity index (χ2n) is 11.4. The number of methoxy groups -OCH3 is 1. The average molecular weight is 622 g/mol. The van der Waals surface area contributed by atoms with Crippen molar-refractivity contribution in [2.24, 2.45) is 0 Å². The lowest BCUT2D eigenvalue weighted by Crippen LogP contribution is -2.50. The van der Waals surface area contributed by atoms with Crippen LogP contribution < -0.4 is 30.1 Å². The molecular weight excluding hydrogens is 582 g/mol. The van der Waals surface area contributed by atoms with E-state index in [2.05, 4.69) is 57.0 Å². The molecule has 0 radical (unpaired) electrons. The largest absolute Gasteiger partial charge is 0.494 e. The number of rotatable bonds is 10. The Kier molecular flexibility index (Phi) is 9.32. The van der Waals surface area contributed by atoms with Gasteiger partial charge in [-0.3, -0.25) is 9.63 Å². The summed E-state index contributed by atoms with van der Waals surface area (Å²) in [5, 5.41) is 8.17. The summed E-state index contributed by atoms with van der Waals surface area (Å²) in [6.45, 7) is 8.92. The minimum atomic E-state index is -0.292. The van der Waals surface area contributed by atoms with Crippen molar-refractivity contribution in [3.05, 3.63) is 97.3 Å². The van der Waals surface area contributed by atoms with E-state index in [0.717, 1.165) is 48.8 Å². The molecule has 11 nitrogen and oxygen atoms in total. The molecule has 3 aromatic carbocycles. The monoisotopic (exact) mass is 621 g/mol. The van der Waals surface area contributed by atoms with Crippen LogP contribution >= 0.6 is 0 Å². The first-order chi connectivity index (χ1) is 22.4. The quantitative estimate of drug-likeness (QED) is 0.200. The van der Waals surface area contributed by atoms with Crippen molar-refractivity contribution in [2.75, 3.05) is 61.0 Å². The van der Waals surface area contributed by atoms with Crippen LogP contribution in [0.15, 0.2) is 91.8 Å². The Morgan fingerprint density at radius 1 is 1.02 bits per heavy atom. The number of amides is 1. The van der Waals surface area contributed by atoms with Crippen molar-refractivity contribution in [1.82, 2.24) is 14.9 Å². The fraction of sp³-hybridized carbons (Fsp3) is 0.286. The molecule has 0 aliphatic carbocycles. The van der Waals surface area contributed by atoms with E-state index >= 15 is 0 Å². The highest BCUT2D eigenvalue weighted by atomic mass is 16.7. The summed E-state index contributed by atoms with van der Waals surface area (Å²) in [5.74, 6) is 3.00. The number of anilines is 5. The Bertz CT molecular complexity index is 1690. The second-order valence-corrected chi connectivity index (χ2v) is 11.4. The number of piperazine rings is 1. The Morgan fingerprint density at radius 2 is 1.85 bits per heavy atom. The van der Waals surface area contributed by atoms with Gasteiger partial charge >= 0.3 is 0 Å². The summed E-state index contributed by atoms with van der Waals surface area (Å²) in [4.78, 5) is 32.1. The first-order valence-corrected chi connectivity index (χ1v) is 15.4. The van der Waals surface area contributed by atoms with Crippen LogP contribution in [0, 0.1) is 0 Å². The fourth-order valence-electron chi connectivity index (χ4n) is 5.73. The third-order valence-corrected chi connectivity index (χ3v) is 8.33. The molecular formula is C35H39N7O4. The lowest BCUT2D eigenvalue weighted by molar-refractivity contribution is -0.111. The third-order valence-electron chi connectivity index (χ3n) is 8.33. The van der Waals surface area contributed by atoms with E-state index in [-0.39, 0.29) is 11.9 Å². The standard InChI is InChI=1S/C35H39N7O4/c1-5-35(43)39-28-19-29(32(44-4)20-31(28)41-16-15-40(3)24(2)22-41)38-33-21-34(37-23-36-33)42-30(14-17-45-42)25-10-9-13-27(18-25)46-26-11-7-6-8-12-26/h5-13,18-21,23-24,30H,1,14-17,22H2,2-4H3,(H,39,43)(H,36,37,38)/t24-,30+/m0/s1. The maximum absolute atomic E-state index is 12.5. The van der Waals surface area contributed by atoms with Gasteiger partial charge in [0.1, 0.15) is 29.4 Å². The van der Waals surface area contributed by atoms with Gasteiger partial charge in [0.25, 0.3) is 0 Å². The van der Waals surface area contributed by atoms with Crippen molar-refractivity contribution < 1.29 is 19.1 Å². The molecule has 2 aliphatic heterocycles. The van der Waals surface area contributed by atoms with Gasteiger partial charge in [-0.2, -0.15) is 0 Å². The van der Waals surface area contributed by atoms with Crippen LogP contribution in [0.5, 0.6) is 17.2 Å². The zero-order valence-corrected chi connectivity index (χ0v) is 26.3. The molecule has 2 atom stereocenters. The summed E-state index contributed by atoms with van der Waals surface area (Å²) in [6, 6.07) is 23.7. The Balaban J connectivity index is 1.25. The van der Waals surface area contributed by atoms with Gasteiger partial charge in [-0.25, -0.2) is 15.0 Å². The van der Waals surface area contributed by atoms with E-state index in [1.165, 1.54) is 12.4 Å². The van der Waals surface area contributed by atoms with Crippen molar-refractivity contribution >= 4 is 34.6 Å². The van der Waals surface area contributed by atoms with Gasteiger partial charge in [-0.15, -0.1) is 0 Å². The number of benzene rings is 3. The van der Waals surface area contributed by atoms with Gasteiger partial charge in [0.05, 0.1) is 36.8 Å². The van der Waals surface area contributed by atoms with Crippen LogP contribution in [0.4, 0.5) is 28.7 Å². The zero-order chi connectivity index (χ0) is 32.0. The van der Waals surface area contributed by atoms with E-state index < -0.39 is 0 Å². The van der Waals surface area contributed by atoms with Crippen LogP contribution in [-0.2, 0) is 9.63 Å². The molecule has 0 unspecified atom stereocenters. The molecule has 2 aliphatic rings. The maximum Gasteiger partial charge on any atom is 0.247 e. The molecule has 46 heavy (non-hydrogen) atoms. The predicted molar refractivity (Wildman–Crippen MR) is 180 cm³/mol. The highest BCUT2D eigenvalue weighted by Gasteiger charge is 2.30. The molecule has 4 aromatic rings. The van der Waals surface area contributed by atoms with E-state index in [4.69, 9.17) is 14.3 Å². The number of ether oxygens (including phenoxy) is 2. The van der Waals surface area contributed by atoms with Gasteiger partial charge in [-0.1, -0.05) is 36.9 Å². The minimum absolute atomic E-state index is 0.0670. The molecule has 2 fully saturated rings. The average Bonchev–Trinajstić information content (AvgIpc) is 3.57. The number of nitrogens with one attached hydrogen (secondary N) is 2.